The van der Waals surface area contributed by atoms with E-state index in [-0.39, 0.29) is 11.6 Å². The van der Waals surface area contributed by atoms with E-state index in [2.05, 4.69) is 35.2 Å². The Balaban J connectivity index is 1.38. The molecule has 2 aromatic rings. The lowest BCUT2D eigenvalue weighted by Crippen LogP contribution is -2.49. The molecule has 32 heavy (non-hydrogen) atoms. The second-order valence-corrected chi connectivity index (χ2v) is 10.0. The Morgan fingerprint density at radius 3 is 2.53 bits per heavy atom. The maximum absolute atomic E-state index is 13.4. The van der Waals surface area contributed by atoms with Gasteiger partial charge in [0.2, 0.25) is 0 Å². The first kappa shape index (κ1) is 21.9. The van der Waals surface area contributed by atoms with Gasteiger partial charge in [0.15, 0.2) is 0 Å². The van der Waals surface area contributed by atoms with E-state index >= 15 is 0 Å². The van der Waals surface area contributed by atoms with Crippen LogP contribution >= 0.6 is 0 Å². The minimum atomic E-state index is -4.42. The Morgan fingerprint density at radius 2 is 1.91 bits per heavy atom. The van der Waals surface area contributed by atoms with Gasteiger partial charge >= 0.3 is 6.18 Å². The fourth-order valence-corrected chi connectivity index (χ4v) is 5.92. The summed E-state index contributed by atoms with van der Waals surface area (Å²) >= 11 is 0. The molecule has 0 amide bonds. The molecule has 0 radical (unpaired) electrons. The molecule has 174 valence electrons. The lowest BCUT2D eigenvalue weighted by atomic mass is 10.1. The van der Waals surface area contributed by atoms with Crippen LogP contribution in [0.3, 0.4) is 0 Å². The first-order chi connectivity index (χ1) is 15.1. The number of imidazole rings is 1. The quantitative estimate of drug-likeness (QED) is 0.655. The van der Waals surface area contributed by atoms with E-state index in [1.807, 2.05) is 6.20 Å². The molecule has 2 saturated carbocycles. The number of morpholine rings is 1. The van der Waals surface area contributed by atoms with Crippen molar-refractivity contribution in [2.75, 3.05) is 19.8 Å². The number of aromatic nitrogens is 3. The summed E-state index contributed by atoms with van der Waals surface area (Å²) in [5.41, 5.74) is 0.302. The monoisotopic (exact) mass is 448 g/mol. The number of aryl methyl sites for hydroxylation is 1. The van der Waals surface area contributed by atoms with Crippen molar-refractivity contribution < 1.29 is 17.9 Å². The number of ether oxygens (including phenoxy) is 1. The molecule has 0 aromatic carbocycles. The van der Waals surface area contributed by atoms with Crippen LogP contribution in [0.25, 0.3) is 11.3 Å². The molecule has 0 N–H and O–H groups in total. The Bertz CT molecular complexity index is 990. The van der Waals surface area contributed by atoms with Crippen molar-refractivity contribution in [2.24, 2.45) is 11.8 Å². The average molecular weight is 449 g/mol. The summed E-state index contributed by atoms with van der Waals surface area (Å²) in [7, 11) is 0. The zero-order valence-electron chi connectivity index (χ0n) is 19.1. The first-order valence-electron chi connectivity index (χ1n) is 11.6. The van der Waals surface area contributed by atoms with E-state index in [1.165, 1.54) is 32.0 Å². The molecule has 5 atom stereocenters. The first-order valence-corrected chi connectivity index (χ1v) is 11.6. The van der Waals surface area contributed by atoms with Crippen molar-refractivity contribution in [1.29, 1.82) is 0 Å². The molecule has 2 unspecified atom stereocenters. The molecule has 5 nitrogen and oxygen atoms in total. The number of halogens is 3. The van der Waals surface area contributed by atoms with E-state index < -0.39 is 11.7 Å². The summed E-state index contributed by atoms with van der Waals surface area (Å²) in [6, 6.07) is 2.67. The zero-order valence-corrected chi connectivity index (χ0v) is 19.1. The summed E-state index contributed by atoms with van der Waals surface area (Å²) < 4.78 is 48.0. The van der Waals surface area contributed by atoms with Crippen molar-refractivity contribution in [3.8, 4) is 11.3 Å². The van der Waals surface area contributed by atoms with Gasteiger partial charge in [-0.3, -0.25) is 9.88 Å². The van der Waals surface area contributed by atoms with Gasteiger partial charge in [-0.1, -0.05) is 13.8 Å². The molecule has 2 aliphatic carbocycles. The van der Waals surface area contributed by atoms with Crippen molar-refractivity contribution in [2.45, 2.75) is 70.8 Å². The third-order valence-electron chi connectivity index (χ3n) is 7.55. The Morgan fingerprint density at radius 1 is 1.19 bits per heavy atom. The minimum absolute atomic E-state index is 0.00938. The molecular weight excluding hydrogens is 417 g/mol. The fourth-order valence-electron chi connectivity index (χ4n) is 5.92. The van der Waals surface area contributed by atoms with Crippen LogP contribution in [-0.2, 0) is 10.9 Å². The van der Waals surface area contributed by atoms with Crippen LogP contribution in [0.4, 0.5) is 13.2 Å². The van der Waals surface area contributed by atoms with Gasteiger partial charge in [-0.2, -0.15) is 13.2 Å². The van der Waals surface area contributed by atoms with Crippen LogP contribution in [0.15, 0.2) is 18.5 Å². The molecule has 2 aromatic heterocycles. The predicted molar refractivity (Wildman–Crippen MR) is 115 cm³/mol. The van der Waals surface area contributed by atoms with E-state index in [1.54, 1.807) is 0 Å². The molecule has 3 heterocycles. The van der Waals surface area contributed by atoms with Gasteiger partial charge in [0.05, 0.1) is 24.5 Å². The van der Waals surface area contributed by atoms with Gasteiger partial charge in [-0.25, -0.2) is 4.98 Å². The van der Waals surface area contributed by atoms with Crippen molar-refractivity contribution in [3.05, 3.63) is 35.5 Å². The number of hydrogen-bond donors (Lipinski definition) is 0. The standard InChI is InChI=1S/C24H31F3N4O/c1-13(2)23-29-21(16-7-20(24(25,26)27)15(4)28-10-16)11-31(23)22-18-8-17(9-19(18)22)30-5-6-32-12-14(30)3/h7,10-11,13-14,17-19,22H,5-6,8-9,12H2,1-4H3/t14-,17?,18-,19+,22?/m0/s1. The summed E-state index contributed by atoms with van der Waals surface area (Å²) in [6.07, 6.45) is 1.39. The van der Waals surface area contributed by atoms with E-state index in [4.69, 9.17) is 9.72 Å². The normalized spacial score (nSPS) is 30.7. The van der Waals surface area contributed by atoms with Gasteiger partial charge < -0.3 is 9.30 Å². The van der Waals surface area contributed by atoms with Crippen molar-refractivity contribution >= 4 is 0 Å². The van der Waals surface area contributed by atoms with Gasteiger partial charge in [0.25, 0.3) is 0 Å². The van der Waals surface area contributed by atoms with Gasteiger partial charge in [0, 0.05) is 54.2 Å². The van der Waals surface area contributed by atoms with Gasteiger partial charge in [-0.15, -0.1) is 0 Å². The number of rotatable bonds is 4. The second-order valence-electron chi connectivity index (χ2n) is 10.0. The Kier molecular flexibility index (Phi) is 5.36. The molecule has 0 bridgehead atoms. The lowest BCUT2D eigenvalue weighted by molar-refractivity contribution is -0.138. The van der Waals surface area contributed by atoms with Crippen LogP contribution in [0.2, 0.25) is 0 Å². The topological polar surface area (TPSA) is 43.2 Å². The maximum atomic E-state index is 13.4. The molecule has 3 fully saturated rings. The summed E-state index contributed by atoms with van der Waals surface area (Å²) in [4.78, 5) is 11.4. The van der Waals surface area contributed by atoms with Crippen LogP contribution in [0, 0.1) is 18.8 Å². The van der Waals surface area contributed by atoms with Crippen LogP contribution < -0.4 is 0 Å². The van der Waals surface area contributed by atoms with E-state index in [9.17, 15) is 13.2 Å². The van der Waals surface area contributed by atoms with E-state index in [0.717, 1.165) is 25.6 Å². The smallest absolute Gasteiger partial charge is 0.379 e. The second kappa shape index (κ2) is 7.83. The number of pyridine rings is 1. The molecule has 5 rings (SSSR count). The molecule has 3 aliphatic rings. The SMILES string of the molecule is Cc1ncc(-c2cn(C3[C@H]4CC(N5CCOC[C@@H]5C)C[C@@H]34)c(C(C)C)n2)cc1C(F)(F)F. The number of fused-ring (bicyclic) bond motifs is 1. The highest BCUT2D eigenvalue weighted by Crippen LogP contribution is 2.62. The van der Waals surface area contributed by atoms with Gasteiger partial charge in [0.1, 0.15) is 5.82 Å². The Hall–Kier alpha value is -1.93. The van der Waals surface area contributed by atoms with Crippen LogP contribution in [0.1, 0.15) is 62.7 Å². The van der Waals surface area contributed by atoms with Crippen molar-refractivity contribution in [3.63, 3.8) is 0 Å². The molecular formula is C24H31F3N4O. The lowest BCUT2D eigenvalue weighted by Gasteiger charge is -2.38. The van der Waals surface area contributed by atoms with E-state index in [0.29, 0.717) is 41.2 Å². The number of alkyl halides is 3. The third kappa shape index (κ3) is 3.75. The predicted octanol–water partition coefficient (Wildman–Crippen LogP) is 5.07. The highest BCUT2D eigenvalue weighted by molar-refractivity contribution is 5.59. The fraction of sp³-hybridized carbons (Fsp3) is 0.667. The summed E-state index contributed by atoms with van der Waals surface area (Å²) in [5, 5.41) is 0. The maximum Gasteiger partial charge on any atom is 0.418 e. The van der Waals surface area contributed by atoms with Crippen molar-refractivity contribution in [1.82, 2.24) is 19.4 Å². The zero-order chi connectivity index (χ0) is 22.8. The molecule has 1 aliphatic heterocycles. The Labute approximate surface area is 187 Å². The summed E-state index contributed by atoms with van der Waals surface area (Å²) in [5.74, 6) is 2.39. The van der Waals surface area contributed by atoms with Crippen LogP contribution in [0.5, 0.6) is 0 Å². The highest BCUT2D eigenvalue weighted by atomic mass is 19.4. The molecule has 0 spiro atoms. The number of nitrogens with zero attached hydrogens (tertiary/aromatic N) is 4. The highest BCUT2D eigenvalue weighted by Gasteiger charge is 2.58. The minimum Gasteiger partial charge on any atom is -0.379 e. The van der Waals surface area contributed by atoms with Gasteiger partial charge in [-0.05, 0) is 44.6 Å². The summed E-state index contributed by atoms with van der Waals surface area (Å²) in [6.45, 7) is 10.4. The molecule has 8 heteroatoms. The average Bonchev–Trinajstić information content (AvgIpc) is 3.07. The van der Waals surface area contributed by atoms with Crippen LogP contribution in [-0.4, -0.2) is 51.3 Å². The third-order valence-corrected chi connectivity index (χ3v) is 7.55. The largest absolute Gasteiger partial charge is 0.418 e. The molecule has 1 saturated heterocycles. The number of hydrogen-bond acceptors (Lipinski definition) is 4.